The van der Waals surface area contributed by atoms with Crippen molar-refractivity contribution in [1.82, 2.24) is 15.0 Å². The Balaban J connectivity index is 1.12. The third kappa shape index (κ3) is 5.66. The lowest BCUT2D eigenvalue weighted by atomic mass is 9.88. The van der Waals surface area contributed by atoms with Gasteiger partial charge in [-0.1, -0.05) is 164 Å². The summed E-state index contributed by atoms with van der Waals surface area (Å²) in [7, 11) is 0. The van der Waals surface area contributed by atoms with E-state index in [4.69, 9.17) is 15.0 Å². The molecule has 8 aromatic carbocycles. The Kier molecular flexibility index (Phi) is 7.67. The van der Waals surface area contributed by atoms with Gasteiger partial charge in [0.1, 0.15) is 0 Å². The Labute approximate surface area is 311 Å². The summed E-state index contributed by atoms with van der Waals surface area (Å²) in [5.41, 5.74) is 9.96. The van der Waals surface area contributed by atoms with Crippen molar-refractivity contribution in [2.45, 2.75) is 0 Å². The molecule has 0 atom stereocenters. The summed E-state index contributed by atoms with van der Waals surface area (Å²) in [4.78, 5) is 15.4. The third-order valence-electron chi connectivity index (χ3n) is 9.93. The van der Waals surface area contributed by atoms with Gasteiger partial charge in [0.2, 0.25) is 0 Å². The van der Waals surface area contributed by atoms with E-state index in [1.54, 1.807) is 11.3 Å². The van der Waals surface area contributed by atoms with Crippen LogP contribution in [-0.2, 0) is 0 Å². The Morgan fingerprint density at radius 3 is 1.66 bits per heavy atom. The lowest BCUT2D eigenvalue weighted by Gasteiger charge is -2.15. The van der Waals surface area contributed by atoms with Gasteiger partial charge in [-0.05, 0) is 68.4 Å². The number of fused-ring (bicyclic) bond motifs is 4. The van der Waals surface area contributed by atoms with Crippen LogP contribution in [0.15, 0.2) is 188 Å². The second kappa shape index (κ2) is 13.1. The molecule has 0 fully saturated rings. The number of aromatic nitrogens is 3. The summed E-state index contributed by atoms with van der Waals surface area (Å²) in [6.07, 6.45) is 0. The quantitative estimate of drug-likeness (QED) is 0.174. The van der Waals surface area contributed by atoms with E-state index in [1.807, 2.05) is 18.2 Å². The minimum Gasteiger partial charge on any atom is -0.208 e. The van der Waals surface area contributed by atoms with E-state index < -0.39 is 0 Å². The first-order valence-corrected chi connectivity index (χ1v) is 18.6. The normalized spacial score (nSPS) is 11.4. The molecule has 0 spiro atoms. The highest BCUT2D eigenvalue weighted by Gasteiger charge is 2.18. The van der Waals surface area contributed by atoms with E-state index in [9.17, 15) is 0 Å². The maximum atomic E-state index is 5.18. The Morgan fingerprint density at radius 2 is 0.868 bits per heavy atom. The summed E-state index contributed by atoms with van der Waals surface area (Å²) in [6, 6.07) is 66.4. The van der Waals surface area contributed by atoms with Gasteiger partial charge in [-0.2, -0.15) is 0 Å². The zero-order valence-electron chi connectivity index (χ0n) is 28.6. The third-order valence-corrected chi connectivity index (χ3v) is 11.2. The molecule has 0 aliphatic carbocycles. The van der Waals surface area contributed by atoms with Gasteiger partial charge in [-0.15, -0.1) is 11.3 Å². The van der Waals surface area contributed by atoms with E-state index in [0.717, 1.165) is 27.8 Å². The van der Waals surface area contributed by atoms with Crippen molar-refractivity contribution in [2.75, 3.05) is 0 Å². The lowest BCUT2D eigenvalue weighted by Crippen LogP contribution is -2.00. The van der Waals surface area contributed by atoms with Gasteiger partial charge in [0, 0.05) is 36.9 Å². The van der Waals surface area contributed by atoms with Gasteiger partial charge in [-0.25, -0.2) is 15.0 Å². The monoisotopic (exact) mass is 693 g/mol. The largest absolute Gasteiger partial charge is 0.208 e. The Hall–Kier alpha value is -6.75. The van der Waals surface area contributed by atoms with Gasteiger partial charge in [-0.3, -0.25) is 0 Å². The van der Waals surface area contributed by atoms with Crippen LogP contribution in [0, 0.1) is 0 Å². The molecule has 0 saturated carbocycles. The van der Waals surface area contributed by atoms with Gasteiger partial charge >= 0.3 is 0 Å². The first kappa shape index (κ1) is 31.0. The molecule has 0 amide bonds. The van der Waals surface area contributed by atoms with Crippen LogP contribution in [0.25, 0.3) is 98.5 Å². The number of hydrogen-bond donors (Lipinski definition) is 0. The average molecular weight is 694 g/mol. The van der Waals surface area contributed by atoms with E-state index in [2.05, 4.69) is 170 Å². The summed E-state index contributed by atoms with van der Waals surface area (Å²) in [5, 5.41) is 4.93. The van der Waals surface area contributed by atoms with Gasteiger partial charge < -0.3 is 0 Å². The van der Waals surface area contributed by atoms with Crippen LogP contribution in [0.1, 0.15) is 0 Å². The predicted molar refractivity (Wildman–Crippen MR) is 223 cm³/mol. The van der Waals surface area contributed by atoms with Crippen molar-refractivity contribution in [2.24, 2.45) is 0 Å². The summed E-state index contributed by atoms with van der Waals surface area (Å²) < 4.78 is 2.43. The van der Waals surface area contributed by atoms with Crippen LogP contribution in [0.4, 0.5) is 0 Å². The number of nitrogens with zero attached hydrogens (tertiary/aromatic N) is 3. The van der Waals surface area contributed by atoms with Crippen molar-refractivity contribution >= 4 is 42.3 Å². The molecule has 3 nitrogen and oxygen atoms in total. The molecule has 2 aromatic heterocycles. The molecule has 0 unspecified atom stereocenters. The first-order valence-electron chi connectivity index (χ1n) is 17.8. The minimum absolute atomic E-state index is 0.644. The molecule has 53 heavy (non-hydrogen) atoms. The van der Waals surface area contributed by atoms with Gasteiger partial charge in [0.15, 0.2) is 17.5 Å². The topological polar surface area (TPSA) is 38.7 Å². The van der Waals surface area contributed by atoms with Crippen molar-refractivity contribution in [1.29, 1.82) is 0 Å². The fourth-order valence-electron chi connectivity index (χ4n) is 7.40. The molecule has 0 aliphatic heterocycles. The molecule has 4 heteroatoms. The van der Waals surface area contributed by atoms with E-state index in [-0.39, 0.29) is 0 Å². The minimum atomic E-state index is 0.644. The highest BCUT2D eigenvalue weighted by molar-refractivity contribution is 7.26. The van der Waals surface area contributed by atoms with Crippen LogP contribution < -0.4 is 0 Å². The summed E-state index contributed by atoms with van der Waals surface area (Å²) in [6.45, 7) is 0. The summed E-state index contributed by atoms with van der Waals surface area (Å²) in [5.74, 6) is 1.97. The number of benzene rings is 8. The number of rotatable bonds is 6. The maximum Gasteiger partial charge on any atom is 0.165 e. The lowest BCUT2D eigenvalue weighted by molar-refractivity contribution is 1.08. The first-order chi connectivity index (χ1) is 26.3. The molecule has 10 aromatic rings. The number of hydrogen-bond acceptors (Lipinski definition) is 4. The molecular formula is C49H31N3S. The maximum absolute atomic E-state index is 5.18. The van der Waals surface area contributed by atoms with Crippen molar-refractivity contribution < 1.29 is 0 Å². The molecular weight excluding hydrogens is 663 g/mol. The fourth-order valence-corrected chi connectivity index (χ4v) is 8.61. The van der Waals surface area contributed by atoms with Gasteiger partial charge in [0.25, 0.3) is 0 Å². The molecule has 10 rings (SSSR count). The van der Waals surface area contributed by atoms with Gasteiger partial charge in [0.05, 0.1) is 0 Å². The second-order valence-electron chi connectivity index (χ2n) is 13.2. The summed E-state index contributed by atoms with van der Waals surface area (Å²) >= 11 is 1.79. The van der Waals surface area contributed by atoms with Crippen LogP contribution >= 0.6 is 11.3 Å². The Bertz CT molecular complexity index is 2950. The van der Waals surface area contributed by atoms with Crippen LogP contribution in [0.3, 0.4) is 0 Å². The van der Waals surface area contributed by atoms with Crippen molar-refractivity contribution in [3.05, 3.63) is 188 Å². The fraction of sp³-hybridized carbons (Fsp3) is 0. The van der Waals surface area contributed by atoms with Crippen molar-refractivity contribution in [3.8, 4) is 67.5 Å². The van der Waals surface area contributed by atoms with E-state index in [1.165, 1.54) is 53.2 Å². The van der Waals surface area contributed by atoms with E-state index in [0.29, 0.717) is 17.5 Å². The molecule has 0 N–H and O–H groups in total. The van der Waals surface area contributed by atoms with E-state index >= 15 is 0 Å². The smallest absolute Gasteiger partial charge is 0.165 e. The Morgan fingerprint density at radius 1 is 0.321 bits per heavy atom. The average Bonchev–Trinajstić information content (AvgIpc) is 3.63. The number of thiophene rings is 1. The van der Waals surface area contributed by atoms with Crippen LogP contribution in [0.2, 0.25) is 0 Å². The highest BCUT2D eigenvalue weighted by atomic mass is 32.1. The second-order valence-corrected chi connectivity index (χ2v) is 14.2. The zero-order valence-corrected chi connectivity index (χ0v) is 29.5. The van der Waals surface area contributed by atoms with Crippen LogP contribution in [0.5, 0.6) is 0 Å². The standard InChI is InChI=1S/C49H31N3S/c1-3-14-32(15-4-1)40-29-28-33-16-7-8-23-39(33)45(40)37-21-11-19-35(30-37)36-20-12-22-38(31-36)48-50-47(34-17-5-2-6-18-34)51-49(52-48)43-26-13-25-42-41-24-9-10-27-44(41)53-46(42)43/h1-31H. The van der Waals surface area contributed by atoms with Crippen LogP contribution in [-0.4, -0.2) is 15.0 Å². The highest BCUT2D eigenvalue weighted by Crippen LogP contribution is 2.41. The molecule has 0 saturated heterocycles. The molecule has 0 radical (unpaired) electrons. The molecule has 248 valence electrons. The SMILES string of the molecule is c1ccc(-c2nc(-c3cccc(-c4cccc(-c5c(-c6ccccc6)ccc6ccccc56)c4)c3)nc(-c3cccc4c3sc3ccccc34)n2)cc1. The predicted octanol–water partition coefficient (Wildman–Crippen LogP) is 13.4. The molecule has 2 heterocycles. The molecule has 0 bridgehead atoms. The van der Waals surface area contributed by atoms with Crippen molar-refractivity contribution in [3.63, 3.8) is 0 Å². The molecule has 0 aliphatic rings. The zero-order chi connectivity index (χ0) is 35.1.